The fourth-order valence-electron chi connectivity index (χ4n) is 1.48. The van der Waals surface area contributed by atoms with Crippen LogP contribution < -0.4 is 5.73 Å². The first kappa shape index (κ1) is 8.19. The summed E-state index contributed by atoms with van der Waals surface area (Å²) in [6.45, 7) is 1.93. The number of fused-ring (bicyclic) bond motifs is 1. The van der Waals surface area contributed by atoms with Gasteiger partial charge in [0, 0.05) is 13.2 Å². The molecule has 0 saturated heterocycles. The molecule has 0 unspecified atom stereocenters. The molecule has 0 aromatic carbocycles. The topological polar surface area (TPSA) is 56.7 Å². The molecule has 2 aromatic rings. The van der Waals surface area contributed by atoms with Crippen molar-refractivity contribution in [3.05, 3.63) is 24.3 Å². The van der Waals surface area contributed by atoms with Crippen LogP contribution in [0, 0.1) is 0 Å². The molecule has 2 rings (SSSR count). The minimum absolute atomic E-state index is 0.0441. The SMILES string of the molecule is C[C@@H](N)c1nc2cnccc2n1C. The molecule has 13 heavy (non-hydrogen) atoms. The Hall–Kier alpha value is -1.42. The first-order valence-electron chi connectivity index (χ1n) is 4.22. The van der Waals surface area contributed by atoms with Crippen molar-refractivity contribution in [1.82, 2.24) is 14.5 Å². The Morgan fingerprint density at radius 2 is 2.31 bits per heavy atom. The molecule has 0 radical (unpaired) electrons. The van der Waals surface area contributed by atoms with E-state index >= 15 is 0 Å². The van der Waals surface area contributed by atoms with Crippen molar-refractivity contribution < 1.29 is 0 Å². The Morgan fingerprint density at radius 3 is 2.92 bits per heavy atom. The van der Waals surface area contributed by atoms with Gasteiger partial charge in [-0.05, 0) is 13.0 Å². The molecular formula is C9H12N4. The van der Waals surface area contributed by atoms with E-state index in [1.165, 1.54) is 0 Å². The van der Waals surface area contributed by atoms with Crippen molar-refractivity contribution in [3.63, 3.8) is 0 Å². The van der Waals surface area contributed by atoms with Gasteiger partial charge in [-0.1, -0.05) is 0 Å². The molecular weight excluding hydrogens is 164 g/mol. The van der Waals surface area contributed by atoms with Crippen LogP contribution in [0.2, 0.25) is 0 Å². The average molecular weight is 176 g/mol. The highest BCUT2D eigenvalue weighted by molar-refractivity contribution is 5.74. The number of nitrogens with zero attached hydrogens (tertiary/aromatic N) is 3. The normalized spacial score (nSPS) is 13.5. The van der Waals surface area contributed by atoms with E-state index < -0.39 is 0 Å². The summed E-state index contributed by atoms with van der Waals surface area (Å²) in [6, 6.07) is 1.89. The number of hydrogen-bond acceptors (Lipinski definition) is 3. The Bertz CT molecular complexity index is 430. The lowest BCUT2D eigenvalue weighted by atomic mass is 10.3. The fourth-order valence-corrected chi connectivity index (χ4v) is 1.48. The molecule has 0 spiro atoms. The molecule has 2 heterocycles. The minimum Gasteiger partial charge on any atom is -0.330 e. The Morgan fingerprint density at radius 1 is 1.54 bits per heavy atom. The second kappa shape index (κ2) is 2.81. The summed E-state index contributed by atoms with van der Waals surface area (Å²) in [5, 5.41) is 0. The van der Waals surface area contributed by atoms with E-state index in [1.54, 1.807) is 12.4 Å². The van der Waals surface area contributed by atoms with Crippen LogP contribution in [-0.4, -0.2) is 14.5 Å². The third-order valence-electron chi connectivity index (χ3n) is 2.12. The van der Waals surface area contributed by atoms with E-state index in [-0.39, 0.29) is 6.04 Å². The summed E-state index contributed by atoms with van der Waals surface area (Å²) in [5.41, 5.74) is 7.75. The van der Waals surface area contributed by atoms with Gasteiger partial charge in [0.05, 0.1) is 17.8 Å². The van der Waals surface area contributed by atoms with E-state index in [0.29, 0.717) is 0 Å². The second-order valence-corrected chi connectivity index (χ2v) is 3.18. The van der Waals surface area contributed by atoms with Gasteiger partial charge in [0.25, 0.3) is 0 Å². The Balaban J connectivity index is 2.74. The van der Waals surface area contributed by atoms with E-state index in [9.17, 15) is 0 Å². The second-order valence-electron chi connectivity index (χ2n) is 3.18. The van der Waals surface area contributed by atoms with Crippen molar-refractivity contribution >= 4 is 11.0 Å². The smallest absolute Gasteiger partial charge is 0.126 e. The molecule has 2 aromatic heterocycles. The summed E-state index contributed by atoms with van der Waals surface area (Å²) in [6.07, 6.45) is 3.51. The van der Waals surface area contributed by atoms with Gasteiger partial charge in [-0.2, -0.15) is 0 Å². The molecule has 1 atom stereocenters. The lowest BCUT2D eigenvalue weighted by molar-refractivity contribution is 0.696. The van der Waals surface area contributed by atoms with Crippen molar-refractivity contribution in [2.75, 3.05) is 0 Å². The Labute approximate surface area is 76.4 Å². The van der Waals surface area contributed by atoms with Crippen LogP contribution in [0.25, 0.3) is 11.0 Å². The number of hydrogen-bond donors (Lipinski definition) is 1. The molecule has 0 saturated carbocycles. The third-order valence-corrected chi connectivity index (χ3v) is 2.12. The molecule has 0 aliphatic heterocycles. The monoisotopic (exact) mass is 176 g/mol. The van der Waals surface area contributed by atoms with Gasteiger partial charge < -0.3 is 10.3 Å². The number of pyridine rings is 1. The quantitative estimate of drug-likeness (QED) is 0.704. The van der Waals surface area contributed by atoms with E-state index in [2.05, 4.69) is 9.97 Å². The first-order chi connectivity index (χ1) is 6.20. The summed E-state index contributed by atoms with van der Waals surface area (Å²) >= 11 is 0. The molecule has 4 nitrogen and oxygen atoms in total. The van der Waals surface area contributed by atoms with Gasteiger partial charge in [0.1, 0.15) is 11.3 Å². The largest absolute Gasteiger partial charge is 0.330 e. The van der Waals surface area contributed by atoms with Crippen LogP contribution in [-0.2, 0) is 7.05 Å². The maximum atomic E-state index is 5.77. The molecule has 0 aliphatic rings. The van der Waals surface area contributed by atoms with Gasteiger partial charge in [0.15, 0.2) is 0 Å². The molecule has 68 valence electrons. The number of aromatic nitrogens is 3. The minimum atomic E-state index is -0.0441. The molecule has 0 aliphatic carbocycles. The summed E-state index contributed by atoms with van der Waals surface area (Å²) in [4.78, 5) is 8.40. The van der Waals surface area contributed by atoms with Crippen molar-refractivity contribution in [1.29, 1.82) is 0 Å². The molecule has 0 amide bonds. The summed E-state index contributed by atoms with van der Waals surface area (Å²) < 4.78 is 2.00. The fraction of sp³-hybridized carbons (Fsp3) is 0.333. The van der Waals surface area contributed by atoms with Crippen LogP contribution >= 0.6 is 0 Å². The van der Waals surface area contributed by atoms with Crippen LogP contribution in [0.3, 0.4) is 0 Å². The van der Waals surface area contributed by atoms with Crippen molar-refractivity contribution in [2.24, 2.45) is 12.8 Å². The highest BCUT2D eigenvalue weighted by atomic mass is 15.1. The standard InChI is InChI=1S/C9H12N4/c1-6(10)9-12-7-5-11-4-3-8(7)13(9)2/h3-6H,10H2,1-2H3/t6-/m1/s1. The van der Waals surface area contributed by atoms with Crippen LogP contribution in [0.5, 0.6) is 0 Å². The van der Waals surface area contributed by atoms with E-state index in [0.717, 1.165) is 16.9 Å². The molecule has 0 bridgehead atoms. The van der Waals surface area contributed by atoms with Crippen molar-refractivity contribution in [2.45, 2.75) is 13.0 Å². The van der Waals surface area contributed by atoms with Gasteiger partial charge in [0.2, 0.25) is 0 Å². The van der Waals surface area contributed by atoms with Crippen molar-refractivity contribution in [3.8, 4) is 0 Å². The number of imidazole rings is 1. The summed E-state index contributed by atoms with van der Waals surface area (Å²) in [7, 11) is 1.97. The molecule has 4 heteroatoms. The maximum Gasteiger partial charge on any atom is 0.126 e. The predicted molar refractivity (Wildman–Crippen MR) is 51.1 cm³/mol. The zero-order valence-electron chi connectivity index (χ0n) is 7.73. The van der Waals surface area contributed by atoms with E-state index in [1.807, 2.05) is 24.6 Å². The highest BCUT2D eigenvalue weighted by Gasteiger charge is 2.09. The van der Waals surface area contributed by atoms with Gasteiger partial charge >= 0.3 is 0 Å². The lowest BCUT2D eigenvalue weighted by Crippen LogP contribution is -2.11. The number of nitrogens with two attached hydrogens (primary N) is 1. The zero-order valence-corrected chi connectivity index (χ0v) is 7.73. The van der Waals surface area contributed by atoms with E-state index in [4.69, 9.17) is 5.73 Å². The highest BCUT2D eigenvalue weighted by Crippen LogP contribution is 2.16. The average Bonchev–Trinajstić information content (AvgIpc) is 2.45. The molecule has 2 N–H and O–H groups in total. The predicted octanol–water partition coefficient (Wildman–Crippen LogP) is 0.988. The van der Waals surface area contributed by atoms with Crippen LogP contribution in [0.15, 0.2) is 18.5 Å². The van der Waals surface area contributed by atoms with Gasteiger partial charge in [-0.25, -0.2) is 4.98 Å². The van der Waals surface area contributed by atoms with Gasteiger partial charge in [-0.15, -0.1) is 0 Å². The van der Waals surface area contributed by atoms with Gasteiger partial charge in [-0.3, -0.25) is 4.98 Å². The molecule has 0 fully saturated rings. The maximum absolute atomic E-state index is 5.77. The van der Waals surface area contributed by atoms with Crippen LogP contribution in [0.1, 0.15) is 18.8 Å². The Kier molecular flexibility index (Phi) is 1.77. The number of aryl methyl sites for hydroxylation is 1. The van der Waals surface area contributed by atoms with Crippen LogP contribution in [0.4, 0.5) is 0 Å². The number of rotatable bonds is 1. The zero-order chi connectivity index (χ0) is 9.42. The summed E-state index contributed by atoms with van der Waals surface area (Å²) in [5.74, 6) is 0.892. The third kappa shape index (κ3) is 1.19. The first-order valence-corrected chi connectivity index (χ1v) is 4.22. The lowest BCUT2D eigenvalue weighted by Gasteiger charge is -2.04.